The van der Waals surface area contributed by atoms with Gasteiger partial charge in [-0.1, -0.05) is 55.8 Å². The monoisotopic (exact) mass is 506 g/mol. The highest BCUT2D eigenvalue weighted by Gasteiger charge is 2.46. The van der Waals surface area contributed by atoms with Crippen LogP contribution < -0.4 is 9.47 Å². The van der Waals surface area contributed by atoms with Crippen LogP contribution in [0.15, 0.2) is 66.4 Å². The van der Waals surface area contributed by atoms with E-state index in [1.807, 2.05) is 30.3 Å². The van der Waals surface area contributed by atoms with Crippen molar-refractivity contribution in [2.24, 2.45) is 0 Å². The summed E-state index contributed by atoms with van der Waals surface area (Å²) in [4.78, 5) is 32.4. The number of aliphatic hydroxyl groups is 1. The van der Waals surface area contributed by atoms with Crippen LogP contribution in [-0.2, 0) is 16.1 Å². The maximum atomic E-state index is 13.4. The number of pyridine rings is 1. The molecule has 1 atom stereocenters. The van der Waals surface area contributed by atoms with Gasteiger partial charge in [0.2, 0.25) is 0 Å². The second-order valence-corrected chi connectivity index (χ2v) is 9.16. The van der Waals surface area contributed by atoms with Gasteiger partial charge in [0.15, 0.2) is 0 Å². The van der Waals surface area contributed by atoms with Crippen molar-refractivity contribution in [1.82, 2.24) is 9.88 Å². The number of nitrogens with zero attached hydrogens (tertiary/aromatic N) is 2. The first-order valence-electron chi connectivity index (χ1n) is 11.5. The van der Waals surface area contributed by atoms with E-state index in [0.29, 0.717) is 22.9 Å². The molecule has 0 saturated carbocycles. The zero-order valence-electron chi connectivity index (χ0n) is 20.5. The summed E-state index contributed by atoms with van der Waals surface area (Å²) in [7, 11) is 2.89. The Balaban J connectivity index is 1.91. The number of ether oxygens (including phenoxy) is 2. The molecule has 1 aromatic heterocycles. The number of halogens is 1. The molecule has 7 nitrogen and oxygen atoms in total. The highest BCUT2D eigenvalue weighted by molar-refractivity contribution is 6.46. The fraction of sp³-hybridized carbons (Fsp3) is 0.250. The summed E-state index contributed by atoms with van der Waals surface area (Å²) in [5.74, 6) is -0.991. The molecular formula is C28H27ClN2O5. The molecule has 2 heterocycles. The normalized spacial score (nSPS) is 17.1. The molecule has 3 aromatic rings. The summed E-state index contributed by atoms with van der Waals surface area (Å²) in [5.41, 5.74) is 2.56. The molecule has 8 heteroatoms. The summed E-state index contributed by atoms with van der Waals surface area (Å²) >= 11 is 6.33. The van der Waals surface area contributed by atoms with Crippen molar-refractivity contribution >= 4 is 29.1 Å². The standard InChI is InChI=1S/C28H27ClN2O5/c1-16(2)17-8-10-18(11-9-17)25-24(26(32)20-13-21(29)23(36-4)14-22(20)35-3)27(33)28(34)31(25)15-19-7-5-6-12-30-19/h5-14,16,25,32H,15H2,1-4H3/b26-24+. The molecule has 2 aromatic carbocycles. The highest BCUT2D eigenvalue weighted by atomic mass is 35.5. The molecule has 186 valence electrons. The lowest BCUT2D eigenvalue weighted by Crippen LogP contribution is -2.29. The van der Waals surface area contributed by atoms with Gasteiger partial charge in [-0.3, -0.25) is 14.6 Å². The van der Waals surface area contributed by atoms with E-state index in [9.17, 15) is 14.7 Å². The summed E-state index contributed by atoms with van der Waals surface area (Å²) in [6.45, 7) is 4.27. The van der Waals surface area contributed by atoms with Gasteiger partial charge in [-0.15, -0.1) is 0 Å². The minimum absolute atomic E-state index is 0.0484. The van der Waals surface area contributed by atoms with Gasteiger partial charge in [-0.05, 0) is 35.2 Å². The predicted molar refractivity (Wildman–Crippen MR) is 137 cm³/mol. The zero-order valence-corrected chi connectivity index (χ0v) is 21.2. The van der Waals surface area contributed by atoms with Gasteiger partial charge in [0.25, 0.3) is 11.7 Å². The van der Waals surface area contributed by atoms with E-state index < -0.39 is 17.7 Å². The predicted octanol–water partition coefficient (Wildman–Crippen LogP) is 5.50. The number of hydrogen-bond donors (Lipinski definition) is 1. The molecule has 0 aliphatic carbocycles. The second kappa shape index (κ2) is 10.4. The minimum Gasteiger partial charge on any atom is -0.507 e. The van der Waals surface area contributed by atoms with Crippen LogP contribution in [0.5, 0.6) is 11.5 Å². The summed E-state index contributed by atoms with van der Waals surface area (Å²) in [5, 5.41) is 11.7. The Kier molecular flexibility index (Phi) is 7.31. The van der Waals surface area contributed by atoms with E-state index in [0.717, 1.165) is 5.56 Å². The number of rotatable bonds is 7. The Labute approximate surface area is 214 Å². The number of benzene rings is 2. The van der Waals surface area contributed by atoms with Gasteiger partial charge in [0, 0.05) is 12.3 Å². The van der Waals surface area contributed by atoms with Crippen molar-refractivity contribution in [1.29, 1.82) is 0 Å². The van der Waals surface area contributed by atoms with Crippen LogP contribution in [-0.4, -0.2) is 40.9 Å². The molecular weight excluding hydrogens is 480 g/mol. The van der Waals surface area contributed by atoms with E-state index in [2.05, 4.69) is 18.8 Å². The number of amides is 1. The molecule has 0 radical (unpaired) electrons. The number of hydrogen-bond acceptors (Lipinski definition) is 6. The van der Waals surface area contributed by atoms with Gasteiger partial charge >= 0.3 is 0 Å². The third-order valence-electron chi connectivity index (χ3n) is 6.25. The first-order valence-corrected chi connectivity index (χ1v) is 11.8. The average molecular weight is 507 g/mol. The van der Waals surface area contributed by atoms with Gasteiger partial charge in [0.1, 0.15) is 17.3 Å². The van der Waals surface area contributed by atoms with Crippen LogP contribution >= 0.6 is 11.6 Å². The molecule has 1 N–H and O–H groups in total. The van der Waals surface area contributed by atoms with Crippen LogP contribution in [0.4, 0.5) is 0 Å². The number of aliphatic hydroxyl groups excluding tert-OH is 1. The zero-order chi connectivity index (χ0) is 26.0. The number of methoxy groups -OCH3 is 2. The van der Waals surface area contributed by atoms with Crippen molar-refractivity contribution in [3.63, 3.8) is 0 Å². The first kappa shape index (κ1) is 25.3. The number of ketones is 1. The number of carbonyl (C=O) groups is 2. The lowest BCUT2D eigenvalue weighted by atomic mass is 9.93. The van der Waals surface area contributed by atoms with Crippen molar-refractivity contribution in [3.8, 4) is 11.5 Å². The molecule has 1 aliphatic rings. The van der Waals surface area contributed by atoms with E-state index in [1.54, 1.807) is 18.3 Å². The van der Waals surface area contributed by atoms with Crippen LogP contribution in [0.1, 0.15) is 48.2 Å². The largest absolute Gasteiger partial charge is 0.507 e. The lowest BCUT2D eigenvalue weighted by molar-refractivity contribution is -0.140. The average Bonchev–Trinajstić information content (AvgIpc) is 3.13. The molecule has 1 fully saturated rings. The quantitative estimate of drug-likeness (QED) is 0.259. The fourth-order valence-electron chi connectivity index (χ4n) is 4.31. The maximum Gasteiger partial charge on any atom is 0.296 e. The minimum atomic E-state index is -0.834. The van der Waals surface area contributed by atoms with Crippen LogP contribution in [0, 0.1) is 0 Å². The Morgan fingerprint density at radius 3 is 2.33 bits per heavy atom. The second-order valence-electron chi connectivity index (χ2n) is 8.76. The van der Waals surface area contributed by atoms with E-state index in [1.165, 1.54) is 31.3 Å². The third kappa shape index (κ3) is 4.66. The van der Waals surface area contributed by atoms with Gasteiger partial charge in [-0.2, -0.15) is 0 Å². The highest BCUT2D eigenvalue weighted by Crippen LogP contribution is 2.43. The van der Waals surface area contributed by atoms with Crippen molar-refractivity contribution < 1.29 is 24.2 Å². The number of carbonyl (C=O) groups excluding carboxylic acids is 2. The molecule has 1 unspecified atom stereocenters. The Morgan fingerprint density at radius 2 is 1.75 bits per heavy atom. The van der Waals surface area contributed by atoms with E-state index >= 15 is 0 Å². The molecule has 0 bridgehead atoms. The maximum absolute atomic E-state index is 13.4. The van der Waals surface area contributed by atoms with Crippen molar-refractivity contribution in [2.75, 3.05) is 14.2 Å². The van der Waals surface area contributed by atoms with Crippen molar-refractivity contribution in [3.05, 3.63) is 93.8 Å². The lowest BCUT2D eigenvalue weighted by Gasteiger charge is -2.25. The fourth-order valence-corrected chi connectivity index (χ4v) is 4.55. The molecule has 1 aliphatic heterocycles. The topological polar surface area (TPSA) is 89.0 Å². The molecule has 4 rings (SSSR count). The smallest absolute Gasteiger partial charge is 0.296 e. The van der Waals surface area contributed by atoms with Crippen LogP contribution in [0.2, 0.25) is 5.02 Å². The van der Waals surface area contributed by atoms with Gasteiger partial charge in [0.05, 0.1) is 48.7 Å². The summed E-state index contributed by atoms with van der Waals surface area (Å²) in [6, 6.07) is 15.2. The Morgan fingerprint density at radius 1 is 1.06 bits per heavy atom. The number of Topliss-reactive ketones (excluding diaryl/α,β-unsaturated/α-hetero) is 1. The van der Waals surface area contributed by atoms with Gasteiger partial charge in [-0.25, -0.2) is 0 Å². The molecule has 1 saturated heterocycles. The first-order chi connectivity index (χ1) is 17.3. The molecule has 0 spiro atoms. The third-order valence-corrected chi connectivity index (χ3v) is 6.54. The SMILES string of the molecule is COc1cc(OC)c(/C(O)=C2\C(=O)C(=O)N(Cc3ccccn3)C2c2ccc(C(C)C)cc2)cc1Cl. The van der Waals surface area contributed by atoms with E-state index in [4.69, 9.17) is 21.1 Å². The molecule has 36 heavy (non-hydrogen) atoms. The Hall–Kier alpha value is -3.84. The number of likely N-dealkylation sites (tertiary alicyclic amines) is 1. The van der Waals surface area contributed by atoms with Gasteiger partial charge < -0.3 is 19.5 Å². The Bertz CT molecular complexity index is 1320. The number of aromatic nitrogens is 1. The summed E-state index contributed by atoms with van der Waals surface area (Å²) in [6.07, 6.45) is 1.63. The van der Waals surface area contributed by atoms with Crippen LogP contribution in [0.25, 0.3) is 5.76 Å². The van der Waals surface area contributed by atoms with E-state index in [-0.39, 0.29) is 34.2 Å². The van der Waals surface area contributed by atoms with Crippen LogP contribution in [0.3, 0.4) is 0 Å². The van der Waals surface area contributed by atoms with Crippen molar-refractivity contribution in [2.45, 2.75) is 32.4 Å². The molecule has 1 amide bonds. The summed E-state index contributed by atoms with van der Waals surface area (Å²) < 4.78 is 10.7.